The molecule has 0 fully saturated rings. The third kappa shape index (κ3) is 2.72. The van der Waals surface area contributed by atoms with Crippen LogP contribution < -0.4 is 5.73 Å². The summed E-state index contributed by atoms with van der Waals surface area (Å²) in [4.78, 5) is 0. The summed E-state index contributed by atoms with van der Waals surface area (Å²) in [6.45, 7) is 3.48. The smallest absolute Gasteiger partial charge is 0.330 e. The van der Waals surface area contributed by atoms with Crippen LogP contribution in [-0.2, 0) is 11.6 Å². The zero-order valence-electron chi connectivity index (χ0n) is 9.03. The summed E-state index contributed by atoms with van der Waals surface area (Å²) < 4.78 is 50.4. The lowest BCUT2D eigenvalue weighted by atomic mass is 9.84. The van der Waals surface area contributed by atoms with E-state index < -0.39 is 23.0 Å². The van der Waals surface area contributed by atoms with Gasteiger partial charge in [0.2, 0.25) is 0 Å². The van der Waals surface area contributed by atoms with Crippen molar-refractivity contribution in [2.75, 3.05) is 6.54 Å². The van der Waals surface area contributed by atoms with Crippen molar-refractivity contribution >= 4 is 0 Å². The number of hydrogen-bond acceptors (Lipinski definition) is 1. The molecule has 0 unspecified atom stereocenters. The van der Waals surface area contributed by atoms with Crippen molar-refractivity contribution in [2.45, 2.75) is 25.4 Å². The lowest BCUT2D eigenvalue weighted by Gasteiger charge is -2.24. The number of nitrogens with two attached hydrogens (primary N) is 1. The van der Waals surface area contributed by atoms with E-state index in [9.17, 15) is 17.6 Å². The van der Waals surface area contributed by atoms with Gasteiger partial charge in [0.15, 0.2) is 0 Å². The van der Waals surface area contributed by atoms with Gasteiger partial charge in [-0.2, -0.15) is 13.2 Å². The van der Waals surface area contributed by atoms with E-state index in [1.165, 1.54) is 0 Å². The van der Waals surface area contributed by atoms with E-state index in [1.807, 2.05) is 0 Å². The van der Waals surface area contributed by atoms with Crippen molar-refractivity contribution in [1.82, 2.24) is 0 Å². The molecule has 2 N–H and O–H groups in total. The van der Waals surface area contributed by atoms with E-state index in [1.54, 1.807) is 13.8 Å². The van der Waals surface area contributed by atoms with Gasteiger partial charge >= 0.3 is 6.18 Å². The van der Waals surface area contributed by atoms with E-state index in [4.69, 9.17) is 5.73 Å². The summed E-state index contributed by atoms with van der Waals surface area (Å²) in [7, 11) is 0. The Morgan fingerprint density at radius 1 is 1.06 bits per heavy atom. The van der Waals surface area contributed by atoms with Crippen LogP contribution in [0.3, 0.4) is 0 Å². The fourth-order valence-corrected chi connectivity index (χ4v) is 1.26. The van der Waals surface area contributed by atoms with E-state index >= 15 is 0 Å². The second-order valence-corrected chi connectivity index (χ2v) is 4.31. The van der Waals surface area contributed by atoms with Gasteiger partial charge in [-0.3, -0.25) is 0 Å². The molecule has 0 atom stereocenters. The average molecular weight is 235 g/mol. The number of benzene rings is 1. The minimum Gasteiger partial charge on any atom is -0.330 e. The second kappa shape index (κ2) is 4.05. The van der Waals surface area contributed by atoms with Gasteiger partial charge in [-0.1, -0.05) is 13.8 Å². The SMILES string of the molecule is CC(C)(CN)c1cc(F)cc(C(F)(F)F)c1. The van der Waals surface area contributed by atoms with Crippen molar-refractivity contribution in [3.8, 4) is 0 Å². The zero-order valence-corrected chi connectivity index (χ0v) is 9.03. The summed E-state index contributed by atoms with van der Waals surface area (Å²) in [5.41, 5.74) is 4.04. The maximum atomic E-state index is 13.1. The van der Waals surface area contributed by atoms with E-state index in [2.05, 4.69) is 0 Å². The first-order valence-electron chi connectivity index (χ1n) is 4.75. The van der Waals surface area contributed by atoms with Crippen LogP contribution in [0.5, 0.6) is 0 Å². The highest BCUT2D eigenvalue weighted by Gasteiger charge is 2.32. The van der Waals surface area contributed by atoms with Crippen LogP contribution in [-0.4, -0.2) is 6.54 Å². The quantitative estimate of drug-likeness (QED) is 0.783. The van der Waals surface area contributed by atoms with Crippen molar-refractivity contribution in [3.63, 3.8) is 0 Å². The Bertz CT molecular complexity index is 382. The van der Waals surface area contributed by atoms with Gasteiger partial charge in [-0.15, -0.1) is 0 Å². The van der Waals surface area contributed by atoms with Gasteiger partial charge in [0.05, 0.1) is 5.56 Å². The van der Waals surface area contributed by atoms with Crippen LogP contribution in [0, 0.1) is 5.82 Å². The van der Waals surface area contributed by atoms with Crippen molar-refractivity contribution in [2.24, 2.45) is 5.73 Å². The molecule has 1 nitrogen and oxygen atoms in total. The third-order valence-corrected chi connectivity index (χ3v) is 2.52. The molecule has 1 rings (SSSR count). The topological polar surface area (TPSA) is 26.0 Å². The molecule has 0 saturated heterocycles. The van der Waals surface area contributed by atoms with Crippen LogP contribution in [0.2, 0.25) is 0 Å². The van der Waals surface area contributed by atoms with Gasteiger partial charge in [0.1, 0.15) is 5.82 Å². The van der Waals surface area contributed by atoms with Gasteiger partial charge in [0.25, 0.3) is 0 Å². The molecule has 1 aromatic rings. The van der Waals surface area contributed by atoms with Crippen LogP contribution in [0.4, 0.5) is 17.6 Å². The molecule has 0 heterocycles. The first kappa shape index (κ1) is 13.0. The maximum absolute atomic E-state index is 13.1. The molecule has 0 radical (unpaired) electrons. The molecule has 0 aliphatic heterocycles. The molecular formula is C11H13F4N. The lowest BCUT2D eigenvalue weighted by molar-refractivity contribution is -0.137. The highest BCUT2D eigenvalue weighted by atomic mass is 19.4. The summed E-state index contributed by atoms with van der Waals surface area (Å²) in [5.74, 6) is -0.897. The second-order valence-electron chi connectivity index (χ2n) is 4.31. The molecule has 0 saturated carbocycles. The van der Waals surface area contributed by atoms with Gasteiger partial charge in [0, 0.05) is 12.0 Å². The van der Waals surface area contributed by atoms with E-state index in [0.717, 1.165) is 12.1 Å². The summed E-state index contributed by atoms with van der Waals surface area (Å²) in [5, 5.41) is 0. The number of halogens is 4. The lowest BCUT2D eigenvalue weighted by Crippen LogP contribution is -2.28. The molecule has 5 heteroatoms. The molecule has 90 valence electrons. The Labute approximate surface area is 91.3 Å². The predicted molar refractivity (Wildman–Crippen MR) is 53.5 cm³/mol. The van der Waals surface area contributed by atoms with Crippen LogP contribution in [0.15, 0.2) is 18.2 Å². The van der Waals surface area contributed by atoms with Gasteiger partial charge < -0.3 is 5.73 Å². The normalized spacial score (nSPS) is 12.9. The Balaban J connectivity index is 3.29. The molecule has 0 aliphatic rings. The number of alkyl halides is 3. The van der Waals surface area contributed by atoms with Crippen LogP contribution in [0.1, 0.15) is 25.0 Å². The van der Waals surface area contributed by atoms with Crippen LogP contribution >= 0.6 is 0 Å². The predicted octanol–water partition coefficient (Wildman–Crippen LogP) is 3.08. The molecule has 0 amide bonds. The monoisotopic (exact) mass is 235 g/mol. The summed E-state index contributed by atoms with van der Waals surface area (Å²) >= 11 is 0. The molecule has 0 spiro atoms. The Morgan fingerprint density at radius 3 is 2.00 bits per heavy atom. The van der Waals surface area contributed by atoms with Crippen molar-refractivity contribution in [3.05, 3.63) is 35.1 Å². The molecule has 0 aliphatic carbocycles. The molecule has 16 heavy (non-hydrogen) atoms. The Hall–Kier alpha value is -1.10. The fraction of sp³-hybridized carbons (Fsp3) is 0.455. The Kier molecular flexibility index (Phi) is 3.28. The highest BCUT2D eigenvalue weighted by Crippen LogP contribution is 2.33. The number of rotatable bonds is 2. The first-order valence-corrected chi connectivity index (χ1v) is 4.75. The number of hydrogen-bond donors (Lipinski definition) is 1. The molecule has 0 aromatic heterocycles. The average Bonchev–Trinajstić information content (AvgIpc) is 2.15. The minimum absolute atomic E-state index is 0.147. The maximum Gasteiger partial charge on any atom is 0.416 e. The van der Waals surface area contributed by atoms with E-state index in [-0.39, 0.29) is 12.1 Å². The van der Waals surface area contributed by atoms with Gasteiger partial charge in [-0.25, -0.2) is 4.39 Å². The third-order valence-electron chi connectivity index (χ3n) is 2.52. The largest absolute Gasteiger partial charge is 0.416 e. The van der Waals surface area contributed by atoms with Crippen molar-refractivity contribution < 1.29 is 17.6 Å². The standard InChI is InChI=1S/C11H13F4N/c1-10(2,6-16)7-3-8(11(13,14)15)5-9(12)4-7/h3-5H,6,16H2,1-2H3. The fourth-order valence-electron chi connectivity index (χ4n) is 1.26. The first-order chi connectivity index (χ1) is 7.16. The minimum atomic E-state index is -4.54. The van der Waals surface area contributed by atoms with Gasteiger partial charge in [-0.05, 0) is 23.8 Å². The van der Waals surface area contributed by atoms with E-state index in [0.29, 0.717) is 6.07 Å². The molecule has 1 aromatic carbocycles. The summed E-state index contributed by atoms with van der Waals surface area (Å²) in [6.07, 6.45) is -4.54. The summed E-state index contributed by atoms with van der Waals surface area (Å²) in [6, 6.07) is 2.51. The Morgan fingerprint density at radius 2 is 1.56 bits per heavy atom. The zero-order chi connectivity index (χ0) is 12.6. The van der Waals surface area contributed by atoms with Crippen LogP contribution in [0.25, 0.3) is 0 Å². The molecule has 0 bridgehead atoms. The molecular weight excluding hydrogens is 222 g/mol. The highest BCUT2D eigenvalue weighted by molar-refractivity contribution is 5.32. The van der Waals surface area contributed by atoms with Crippen molar-refractivity contribution in [1.29, 1.82) is 0 Å².